The molecule has 6 heteroatoms. The Balaban J connectivity index is 2.11. The van der Waals surface area contributed by atoms with Crippen LogP contribution in [-0.2, 0) is 11.2 Å². The molecule has 0 spiro atoms. The third-order valence-electron chi connectivity index (χ3n) is 3.53. The molecule has 2 aromatic rings. The Morgan fingerprint density at radius 3 is 2.80 bits per heavy atom. The molecule has 0 bridgehead atoms. The van der Waals surface area contributed by atoms with Crippen LogP contribution >= 0.6 is 0 Å². The summed E-state index contributed by atoms with van der Waals surface area (Å²) in [6.45, 7) is 5.10. The lowest BCUT2D eigenvalue weighted by Gasteiger charge is -2.31. The number of fused-ring (bicyclic) bond motifs is 1. The van der Waals surface area contributed by atoms with Crippen LogP contribution in [0, 0.1) is 0 Å². The standard InChI is InChI=1S/C14H17N3O3/c1-2-13-15-11-9-10(14(18)19)3-4-12(11)17(13)16-5-7-20-8-6-16/h3-4,9H,2,5-8H2,1H3,(H,18,19). The molecule has 1 fully saturated rings. The fourth-order valence-corrected chi connectivity index (χ4v) is 2.55. The molecule has 0 unspecified atom stereocenters. The fraction of sp³-hybridized carbons (Fsp3) is 0.429. The number of aromatic nitrogens is 2. The highest BCUT2D eigenvalue weighted by molar-refractivity contribution is 5.92. The second kappa shape index (κ2) is 5.13. The van der Waals surface area contributed by atoms with Crippen LogP contribution in [0.4, 0.5) is 0 Å². The molecule has 1 aliphatic heterocycles. The van der Waals surface area contributed by atoms with E-state index in [1.165, 1.54) is 0 Å². The lowest BCUT2D eigenvalue weighted by molar-refractivity contribution is 0.0697. The number of hydrogen-bond acceptors (Lipinski definition) is 4. The van der Waals surface area contributed by atoms with Crippen LogP contribution in [0.1, 0.15) is 23.1 Å². The van der Waals surface area contributed by atoms with Crippen molar-refractivity contribution in [1.29, 1.82) is 0 Å². The zero-order valence-electron chi connectivity index (χ0n) is 11.4. The number of carboxylic acid groups (broad SMARTS) is 1. The number of nitrogens with zero attached hydrogens (tertiary/aromatic N) is 3. The summed E-state index contributed by atoms with van der Waals surface area (Å²) >= 11 is 0. The van der Waals surface area contributed by atoms with Gasteiger partial charge in [0.15, 0.2) is 0 Å². The van der Waals surface area contributed by atoms with Crippen LogP contribution in [0.5, 0.6) is 0 Å². The van der Waals surface area contributed by atoms with E-state index in [2.05, 4.69) is 21.6 Å². The zero-order chi connectivity index (χ0) is 14.1. The van der Waals surface area contributed by atoms with Gasteiger partial charge in [-0.05, 0) is 18.2 Å². The molecule has 1 aromatic carbocycles. The number of imidazole rings is 1. The molecule has 6 nitrogen and oxygen atoms in total. The van der Waals surface area contributed by atoms with Crippen molar-refractivity contribution in [3.05, 3.63) is 29.6 Å². The van der Waals surface area contributed by atoms with Gasteiger partial charge in [0.25, 0.3) is 0 Å². The van der Waals surface area contributed by atoms with E-state index in [-0.39, 0.29) is 5.56 Å². The topological polar surface area (TPSA) is 67.6 Å². The van der Waals surface area contributed by atoms with E-state index < -0.39 is 5.97 Å². The maximum atomic E-state index is 11.0. The fourth-order valence-electron chi connectivity index (χ4n) is 2.55. The van der Waals surface area contributed by atoms with E-state index >= 15 is 0 Å². The third kappa shape index (κ3) is 2.12. The van der Waals surface area contributed by atoms with Crippen molar-refractivity contribution in [2.45, 2.75) is 13.3 Å². The van der Waals surface area contributed by atoms with Crippen molar-refractivity contribution in [3.63, 3.8) is 0 Å². The Labute approximate surface area is 116 Å². The number of hydrogen-bond donors (Lipinski definition) is 1. The predicted molar refractivity (Wildman–Crippen MR) is 74.8 cm³/mol. The van der Waals surface area contributed by atoms with E-state index in [1.807, 2.05) is 6.07 Å². The lowest BCUT2D eigenvalue weighted by Crippen LogP contribution is -2.44. The summed E-state index contributed by atoms with van der Waals surface area (Å²) in [4.78, 5) is 15.6. The largest absolute Gasteiger partial charge is 0.478 e. The summed E-state index contributed by atoms with van der Waals surface area (Å²) in [6, 6.07) is 5.09. The van der Waals surface area contributed by atoms with Crippen LogP contribution in [0.15, 0.2) is 18.2 Å². The second-order valence-electron chi connectivity index (χ2n) is 4.77. The number of carbonyl (C=O) groups is 1. The molecule has 1 N–H and O–H groups in total. The van der Waals surface area contributed by atoms with Gasteiger partial charge in [0.1, 0.15) is 5.82 Å². The maximum Gasteiger partial charge on any atom is 0.335 e. The van der Waals surface area contributed by atoms with Crippen molar-refractivity contribution in [1.82, 2.24) is 9.66 Å². The van der Waals surface area contributed by atoms with Crippen molar-refractivity contribution >= 4 is 17.0 Å². The Bertz CT molecular complexity index is 644. The van der Waals surface area contributed by atoms with E-state index in [9.17, 15) is 4.79 Å². The first-order chi connectivity index (χ1) is 9.70. The third-order valence-corrected chi connectivity index (χ3v) is 3.53. The summed E-state index contributed by atoms with van der Waals surface area (Å²) in [6.07, 6.45) is 0.800. The number of rotatable bonds is 3. The highest BCUT2D eigenvalue weighted by Crippen LogP contribution is 2.19. The van der Waals surface area contributed by atoms with Gasteiger partial charge < -0.3 is 14.9 Å². The molecule has 1 aromatic heterocycles. The predicted octanol–water partition coefficient (Wildman–Crippen LogP) is 1.27. The molecule has 0 amide bonds. The Hall–Kier alpha value is -2.08. The summed E-state index contributed by atoms with van der Waals surface area (Å²) in [5.74, 6) is 0.0234. The van der Waals surface area contributed by atoms with Gasteiger partial charge in [0.05, 0.1) is 42.9 Å². The van der Waals surface area contributed by atoms with Crippen LogP contribution in [0.2, 0.25) is 0 Å². The van der Waals surface area contributed by atoms with Crippen molar-refractivity contribution in [2.24, 2.45) is 0 Å². The van der Waals surface area contributed by atoms with E-state index in [4.69, 9.17) is 9.84 Å². The molecule has 1 saturated heterocycles. The average molecular weight is 275 g/mol. The summed E-state index contributed by atoms with van der Waals surface area (Å²) in [7, 11) is 0. The van der Waals surface area contributed by atoms with Gasteiger partial charge >= 0.3 is 5.97 Å². The minimum Gasteiger partial charge on any atom is -0.478 e. The summed E-state index contributed by atoms with van der Waals surface area (Å²) < 4.78 is 7.48. The van der Waals surface area contributed by atoms with Crippen molar-refractivity contribution < 1.29 is 14.6 Å². The first-order valence-electron chi connectivity index (χ1n) is 6.78. The van der Waals surface area contributed by atoms with Gasteiger partial charge in [-0.1, -0.05) is 6.92 Å². The smallest absolute Gasteiger partial charge is 0.335 e. The van der Waals surface area contributed by atoms with E-state index in [0.29, 0.717) is 13.2 Å². The summed E-state index contributed by atoms with van der Waals surface area (Å²) in [5, 5.41) is 11.3. The average Bonchev–Trinajstić information content (AvgIpc) is 2.85. The Morgan fingerprint density at radius 1 is 1.40 bits per heavy atom. The number of benzene rings is 1. The number of ether oxygens (including phenoxy) is 1. The Kier molecular flexibility index (Phi) is 3.31. The van der Waals surface area contributed by atoms with Gasteiger partial charge in [-0.3, -0.25) is 0 Å². The van der Waals surface area contributed by atoms with Gasteiger partial charge in [0.2, 0.25) is 0 Å². The number of carboxylic acids is 1. The van der Waals surface area contributed by atoms with Crippen LogP contribution in [-0.4, -0.2) is 47.0 Å². The molecule has 0 saturated carbocycles. The van der Waals surface area contributed by atoms with E-state index in [1.54, 1.807) is 12.1 Å². The monoisotopic (exact) mass is 275 g/mol. The second-order valence-corrected chi connectivity index (χ2v) is 4.77. The molecule has 106 valence electrons. The normalized spacial score (nSPS) is 15.8. The molecule has 2 heterocycles. The van der Waals surface area contributed by atoms with Crippen molar-refractivity contribution in [2.75, 3.05) is 31.3 Å². The Morgan fingerprint density at radius 2 is 2.15 bits per heavy atom. The molecule has 0 aliphatic carbocycles. The highest BCUT2D eigenvalue weighted by atomic mass is 16.5. The molecule has 0 radical (unpaired) electrons. The van der Waals surface area contributed by atoms with E-state index in [0.717, 1.165) is 36.4 Å². The van der Waals surface area contributed by atoms with Gasteiger partial charge in [-0.2, -0.15) is 0 Å². The quantitative estimate of drug-likeness (QED) is 0.913. The van der Waals surface area contributed by atoms with Gasteiger partial charge in [0, 0.05) is 6.42 Å². The number of aryl methyl sites for hydroxylation is 1. The SMILES string of the molecule is CCc1nc2cc(C(=O)O)ccc2n1N1CCOCC1. The molecule has 0 atom stereocenters. The number of aromatic carboxylic acids is 1. The first-order valence-corrected chi connectivity index (χ1v) is 6.78. The van der Waals surface area contributed by atoms with Gasteiger partial charge in [-0.25, -0.2) is 14.5 Å². The highest BCUT2D eigenvalue weighted by Gasteiger charge is 2.18. The lowest BCUT2D eigenvalue weighted by atomic mass is 10.2. The molecule has 20 heavy (non-hydrogen) atoms. The minimum atomic E-state index is -0.925. The van der Waals surface area contributed by atoms with Crippen LogP contribution in [0.25, 0.3) is 11.0 Å². The summed E-state index contributed by atoms with van der Waals surface area (Å²) in [5.41, 5.74) is 1.95. The van der Waals surface area contributed by atoms with Crippen LogP contribution < -0.4 is 5.01 Å². The molecular formula is C14H17N3O3. The zero-order valence-corrected chi connectivity index (χ0v) is 11.4. The van der Waals surface area contributed by atoms with Crippen LogP contribution in [0.3, 0.4) is 0 Å². The number of morpholine rings is 1. The maximum absolute atomic E-state index is 11.0. The molecule has 1 aliphatic rings. The van der Waals surface area contributed by atoms with Crippen molar-refractivity contribution in [3.8, 4) is 0 Å². The minimum absolute atomic E-state index is 0.270. The first kappa shape index (κ1) is 12.9. The molecular weight excluding hydrogens is 258 g/mol. The van der Waals surface area contributed by atoms with Gasteiger partial charge in [-0.15, -0.1) is 0 Å². The molecule has 3 rings (SSSR count).